The van der Waals surface area contributed by atoms with Gasteiger partial charge in [0.2, 0.25) is 0 Å². The molecule has 5 rings (SSSR count). The third kappa shape index (κ3) is 3.31. The van der Waals surface area contributed by atoms with Gasteiger partial charge < -0.3 is 14.5 Å². The van der Waals surface area contributed by atoms with Gasteiger partial charge in [0.05, 0.1) is 18.5 Å². The molecule has 150 valence electrons. The van der Waals surface area contributed by atoms with E-state index in [4.69, 9.17) is 4.74 Å². The van der Waals surface area contributed by atoms with Crippen LogP contribution in [0.1, 0.15) is 24.8 Å². The Morgan fingerprint density at radius 1 is 1.18 bits per heavy atom. The van der Waals surface area contributed by atoms with E-state index in [1.807, 2.05) is 17.9 Å². The molecule has 0 N–H and O–H groups in total. The second-order valence-electron chi connectivity index (χ2n) is 8.69. The van der Waals surface area contributed by atoms with Crippen molar-refractivity contribution in [2.24, 2.45) is 18.9 Å². The van der Waals surface area contributed by atoms with Gasteiger partial charge in [0, 0.05) is 45.9 Å². The molecule has 3 unspecified atom stereocenters. The van der Waals surface area contributed by atoms with Gasteiger partial charge in [-0.2, -0.15) is 5.10 Å². The van der Waals surface area contributed by atoms with Crippen molar-refractivity contribution in [2.75, 3.05) is 44.3 Å². The van der Waals surface area contributed by atoms with Crippen molar-refractivity contribution >= 4 is 5.82 Å². The summed E-state index contributed by atoms with van der Waals surface area (Å²) in [4.78, 5) is 5.14. The average Bonchev–Trinajstić information content (AvgIpc) is 3.37. The van der Waals surface area contributed by atoms with Crippen molar-refractivity contribution in [1.29, 1.82) is 0 Å². The number of likely N-dealkylation sites (tertiary alicyclic amines) is 1. The maximum Gasteiger partial charge on any atom is 0.151 e. The number of hydrogen-bond acceptors (Lipinski definition) is 6. The van der Waals surface area contributed by atoms with Crippen molar-refractivity contribution in [3.63, 3.8) is 0 Å². The predicted octanol–water partition coefficient (Wildman–Crippen LogP) is 2.12. The summed E-state index contributed by atoms with van der Waals surface area (Å²) in [6.45, 7) is 8.59. The van der Waals surface area contributed by atoms with Crippen molar-refractivity contribution in [1.82, 2.24) is 24.9 Å². The highest BCUT2D eigenvalue weighted by atomic mass is 16.5. The van der Waals surface area contributed by atoms with Crippen LogP contribution in [0.2, 0.25) is 0 Å². The molecule has 0 amide bonds. The number of ether oxygens (including phenoxy) is 1. The molecule has 0 aliphatic carbocycles. The summed E-state index contributed by atoms with van der Waals surface area (Å²) in [7, 11) is 1.95. The van der Waals surface area contributed by atoms with E-state index in [0.717, 1.165) is 55.0 Å². The summed E-state index contributed by atoms with van der Waals surface area (Å²) in [5, 5.41) is 13.4. The third-order valence-corrected chi connectivity index (χ3v) is 6.70. The molecule has 0 radical (unpaired) electrons. The molecule has 3 saturated heterocycles. The summed E-state index contributed by atoms with van der Waals surface area (Å²) in [6, 6.07) is 4.80. The van der Waals surface area contributed by atoms with Crippen LogP contribution < -0.4 is 4.90 Å². The molecular formula is C21H30N6O. The predicted molar refractivity (Wildman–Crippen MR) is 108 cm³/mol. The van der Waals surface area contributed by atoms with Crippen molar-refractivity contribution in [3.8, 4) is 11.4 Å². The Morgan fingerprint density at radius 2 is 2.11 bits per heavy atom. The summed E-state index contributed by atoms with van der Waals surface area (Å²) < 4.78 is 7.54. The van der Waals surface area contributed by atoms with Gasteiger partial charge in [-0.25, -0.2) is 0 Å². The Bertz CT molecular complexity index is 793. The fourth-order valence-electron chi connectivity index (χ4n) is 5.32. The Kier molecular flexibility index (Phi) is 4.80. The Morgan fingerprint density at radius 3 is 2.82 bits per heavy atom. The second kappa shape index (κ2) is 7.44. The quantitative estimate of drug-likeness (QED) is 0.807. The number of fused-ring (bicyclic) bond motifs is 1. The first-order valence-corrected chi connectivity index (χ1v) is 10.6. The highest BCUT2D eigenvalue weighted by Crippen LogP contribution is 2.35. The molecule has 2 aromatic rings. The van der Waals surface area contributed by atoms with Crippen LogP contribution in [0.3, 0.4) is 0 Å². The number of aryl methyl sites for hydroxylation is 2. The van der Waals surface area contributed by atoms with Crippen LogP contribution in [0.5, 0.6) is 0 Å². The fourth-order valence-corrected chi connectivity index (χ4v) is 5.32. The van der Waals surface area contributed by atoms with Gasteiger partial charge in [-0.05, 0) is 55.7 Å². The van der Waals surface area contributed by atoms with Crippen LogP contribution in [-0.4, -0.2) is 70.3 Å². The van der Waals surface area contributed by atoms with E-state index in [2.05, 4.69) is 44.2 Å². The standard InChI is InChI=1S/C21H30N6O/c1-15-10-22-25(2)21(15)18-5-6-20(24-23-18)27-8-7-17-12-26(13-19(17)27)11-16-4-3-9-28-14-16/h5-6,10,16-17,19H,3-4,7-9,11-14H2,1-2H3. The van der Waals surface area contributed by atoms with Gasteiger partial charge in [0.1, 0.15) is 5.69 Å². The highest BCUT2D eigenvalue weighted by molar-refractivity contribution is 5.59. The topological polar surface area (TPSA) is 59.3 Å². The van der Waals surface area contributed by atoms with Crippen LogP contribution in [0.25, 0.3) is 11.4 Å². The van der Waals surface area contributed by atoms with Crippen molar-refractivity contribution in [2.45, 2.75) is 32.2 Å². The van der Waals surface area contributed by atoms with Crippen LogP contribution in [0.4, 0.5) is 5.82 Å². The highest BCUT2D eigenvalue weighted by Gasteiger charge is 2.42. The SMILES string of the molecule is Cc1cnn(C)c1-c1ccc(N2CCC3CN(CC4CCCOC4)CC32)nn1. The Balaban J connectivity index is 1.27. The maximum atomic E-state index is 5.67. The minimum atomic E-state index is 0.572. The minimum Gasteiger partial charge on any atom is -0.381 e. The summed E-state index contributed by atoms with van der Waals surface area (Å²) in [5.41, 5.74) is 3.06. The number of aromatic nitrogens is 4. The van der Waals surface area contributed by atoms with Gasteiger partial charge in [-0.15, -0.1) is 10.2 Å². The van der Waals surface area contributed by atoms with E-state index in [0.29, 0.717) is 12.0 Å². The monoisotopic (exact) mass is 382 g/mol. The molecule has 3 fully saturated rings. The van der Waals surface area contributed by atoms with Crippen LogP contribution >= 0.6 is 0 Å². The normalized spacial score (nSPS) is 28.1. The molecule has 2 aromatic heterocycles. The number of anilines is 1. The van der Waals surface area contributed by atoms with E-state index >= 15 is 0 Å². The van der Waals surface area contributed by atoms with Gasteiger partial charge in [0.25, 0.3) is 0 Å². The molecule has 0 saturated carbocycles. The van der Waals surface area contributed by atoms with Gasteiger partial charge in [-0.1, -0.05) is 0 Å². The van der Waals surface area contributed by atoms with E-state index in [-0.39, 0.29) is 0 Å². The molecule has 7 nitrogen and oxygen atoms in total. The lowest BCUT2D eigenvalue weighted by Gasteiger charge is -2.29. The second-order valence-corrected chi connectivity index (χ2v) is 8.69. The van der Waals surface area contributed by atoms with Crippen LogP contribution in [0, 0.1) is 18.8 Å². The average molecular weight is 383 g/mol. The number of nitrogens with zero attached hydrogens (tertiary/aromatic N) is 6. The molecule has 0 spiro atoms. The van der Waals surface area contributed by atoms with E-state index in [1.54, 1.807) is 0 Å². The zero-order valence-corrected chi connectivity index (χ0v) is 16.9. The van der Waals surface area contributed by atoms with E-state index < -0.39 is 0 Å². The molecule has 7 heteroatoms. The fraction of sp³-hybridized carbons (Fsp3) is 0.667. The third-order valence-electron chi connectivity index (χ3n) is 6.70. The van der Waals surface area contributed by atoms with E-state index in [9.17, 15) is 0 Å². The summed E-state index contributed by atoms with van der Waals surface area (Å²) >= 11 is 0. The molecular weight excluding hydrogens is 352 g/mol. The van der Waals surface area contributed by atoms with Crippen LogP contribution in [-0.2, 0) is 11.8 Å². The number of hydrogen-bond donors (Lipinski definition) is 0. The number of rotatable bonds is 4. The maximum absolute atomic E-state index is 5.67. The van der Waals surface area contributed by atoms with Crippen molar-refractivity contribution in [3.05, 3.63) is 23.9 Å². The van der Waals surface area contributed by atoms with Crippen LogP contribution in [0.15, 0.2) is 18.3 Å². The smallest absolute Gasteiger partial charge is 0.151 e. The zero-order valence-electron chi connectivity index (χ0n) is 16.9. The largest absolute Gasteiger partial charge is 0.381 e. The zero-order chi connectivity index (χ0) is 19.1. The van der Waals surface area contributed by atoms with E-state index in [1.165, 1.54) is 32.4 Å². The first-order chi connectivity index (χ1) is 13.7. The van der Waals surface area contributed by atoms with Gasteiger partial charge in [0.15, 0.2) is 5.82 Å². The molecule has 0 aromatic carbocycles. The lowest BCUT2D eigenvalue weighted by atomic mass is 10.0. The lowest BCUT2D eigenvalue weighted by Crippen LogP contribution is -2.38. The Hall–Kier alpha value is -1.99. The minimum absolute atomic E-state index is 0.572. The van der Waals surface area contributed by atoms with Gasteiger partial charge >= 0.3 is 0 Å². The Labute approximate surface area is 166 Å². The molecule has 3 aliphatic rings. The van der Waals surface area contributed by atoms with Gasteiger partial charge in [-0.3, -0.25) is 4.68 Å². The lowest BCUT2D eigenvalue weighted by molar-refractivity contribution is 0.0410. The first-order valence-electron chi connectivity index (χ1n) is 10.6. The van der Waals surface area contributed by atoms with Crippen molar-refractivity contribution < 1.29 is 4.74 Å². The molecule has 28 heavy (non-hydrogen) atoms. The first kappa shape index (κ1) is 18.1. The molecule has 3 aliphatic heterocycles. The summed E-state index contributed by atoms with van der Waals surface area (Å²) in [5.74, 6) is 2.48. The molecule has 0 bridgehead atoms. The summed E-state index contributed by atoms with van der Waals surface area (Å²) in [6.07, 6.45) is 5.67. The molecule has 3 atom stereocenters. The molecule has 5 heterocycles.